The van der Waals surface area contributed by atoms with Crippen LogP contribution in [0.25, 0.3) is 0 Å². The molecular weight excluding hydrogens is 784 g/mol. The Balaban J connectivity index is 1.62. The number of nitrogens with one attached hydrogen (secondary N) is 2. The quantitative estimate of drug-likeness (QED) is 0.0728. The fraction of sp³-hybridized carbons (Fsp3) is 0.903. The predicted molar refractivity (Wildman–Crippen MR) is 174 cm³/mol. The molecule has 4 aliphatic rings. The first-order valence-electron chi connectivity index (χ1n) is 17.7. The number of carbonyl (C=O) groups is 3. The van der Waals surface area contributed by atoms with Gasteiger partial charge in [-0.15, -0.1) is 0 Å². The highest BCUT2D eigenvalue weighted by Crippen LogP contribution is 2.37. The van der Waals surface area contributed by atoms with Gasteiger partial charge in [-0.1, -0.05) is 0 Å². The second kappa shape index (κ2) is 19.8. The first-order chi connectivity index (χ1) is 26.7. The number of carboxylic acid groups (broad SMARTS) is 1. The minimum absolute atomic E-state index is 0.802. The Labute approximate surface area is 322 Å². The maximum Gasteiger partial charge on any atom is 0.364 e. The van der Waals surface area contributed by atoms with Gasteiger partial charge < -0.3 is 115 Å². The van der Waals surface area contributed by atoms with Crippen molar-refractivity contribution in [2.24, 2.45) is 0 Å². The summed E-state index contributed by atoms with van der Waals surface area (Å²) in [6, 6.07) is -3.29. The van der Waals surface area contributed by atoms with Gasteiger partial charge in [-0.3, -0.25) is 9.59 Å². The maximum atomic E-state index is 12.4. The van der Waals surface area contributed by atoms with Crippen LogP contribution in [0, 0.1) is 0 Å². The van der Waals surface area contributed by atoms with Crippen LogP contribution in [0.15, 0.2) is 0 Å². The van der Waals surface area contributed by atoms with Gasteiger partial charge in [0.15, 0.2) is 18.9 Å². The summed E-state index contributed by atoms with van der Waals surface area (Å²) in [6.07, 6.45) is -35.1. The molecule has 1 unspecified atom stereocenters. The van der Waals surface area contributed by atoms with Crippen molar-refractivity contribution in [1.82, 2.24) is 10.6 Å². The van der Waals surface area contributed by atoms with Gasteiger partial charge in [-0.2, -0.15) is 0 Å². The second-order valence-electron chi connectivity index (χ2n) is 14.1. The van der Waals surface area contributed by atoms with Crippen LogP contribution in [0.2, 0.25) is 0 Å². The van der Waals surface area contributed by atoms with E-state index in [4.69, 9.17) is 33.2 Å². The zero-order valence-electron chi connectivity index (χ0n) is 30.4. The van der Waals surface area contributed by atoms with Gasteiger partial charge in [0, 0.05) is 20.3 Å². The van der Waals surface area contributed by atoms with Crippen molar-refractivity contribution in [2.45, 2.75) is 149 Å². The van der Waals surface area contributed by atoms with Gasteiger partial charge in [0.2, 0.25) is 11.8 Å². The number of aliphatic hydroxyl groups is 13. The summed E-state index contributed by atoms with van der Waals surface area (Å²) >= 11 is 0. The fourth-order valence-electron chi connectivity index (χ4n) is 6.98. The zero-order chi connectivity index (χ0) is 42.7. The van der Waals surface area contributed by atoms with Crippen LogP contribution in [0.4, 0.5) is 0 Å². The third-order valence-electron chi connectivity index (χ3n) is 9.97. The van der Waals surface area contributed by atoms with Gasteiger partial charge in [0.1, 0.15) is 91.5 Å². The smallest absolute Gasteiger partial charge is 0.364 e. The van der Waals surface area contributed by atoms with Crippen LogP contribution in [-0.4, -0.2) is 244 Å². The fourth-order valence-corrected chi connectivity index (χ4v) is 6.98. The molecule has 0 aromatic heterocycles. The number of ether oxygens (including phenoxy) is 7. The van der Waals surface area contributed by atoms with E-state index in [1.54, 1.807) is 0 Å². The van der Waals surface area contributed by atoms with E-state index in [0.717, 1.165) is 13.8 Å². The third kappa shape index (κ3) is 10.3. The van der Waals surface area contributed by atoms with Crippen molar-refractivity contribution in [2.75, 3.05) is 26.4 Å². The lowest BCUT2D eigenvalue weighted by Crippen LogP contribution is -2.70. The summed E-state index contributed by atoms with van der Waals surface area (Å²) in [6.45, 7) is -1.88. The van der Waals surface area contributed by atoms with Crippen molar-refractivity contribution in [3.8, 4) is 0 Å². The molecule has 330 valence electrons. The first-order valence-corrected chi connectivity index (χ1v) is 17.7. The largest absolute Gasteiger partial charge is 0.477 e. The van der Waals surface area contributed by atoms with Crippen molar-refractivity contribution in [3.05, 3.63) is 0 Å². The summed E-state index contributed by atoms with van der Waals surface area (Å²) in [4.78, 5) is 36.6. The number of amides is 2. The highest BCUT2D eigenvalue weighted by atomic mass is 16.8. The lowest BCUT2D eigenvalue weighted by Gasteiger charge is -2.50. The van der Waals surface area contributed by atoms with E-state index in [1.807, 2.05) is 0 Å². The molecule has 0 aliphatic carbocycles. The molecule has 4 aliphatic heterocycles. The molecular formula is C31H52N2O24. The number of aliphatic hydroxyl groups excluding tert-OH is 12. The summed E-state index contributed by atoms with van der Waals surface area (Å²) in [5.74, 6) is -6.80. The number of carbonyl (C=O) groups excluding carboxylic acids is 2. The average molecular weight is 837 g/mol. The van der Waals surface area contributed by atoms with Crippen molar-refractivity contribution < 1.29 is 119 Å². The SMILES string of the molecule is CC(=O)N[C@H]1[C@H](O[C@@H]2[C@H](O)[C@@H](O)[C@@H](O[C@H]3CC(O)(C(=O)O)O[C@@H]([C@H](O)[C@H](O)CO)[C@@H]3NC(C)=O)O[C@@H]2CO)O[C@H](CO)[C@H](O)[C@@H]1O[C@@H]1O[C@H](CO)[C@H](O)[C@H](O)[C@H]1O. The Morgan fingerprint density at radius 1 is 0.667 bits per heavy atom. The molecule has 0 saturated carbocycles. The van der Waals surface area contributed by atoms with Crippen LogP contribution < -0.4 is 10.6 Å². The number of carboxylic acids is 1. The zero-order valence-corrected chi connectivity index (χ0v) is 30.4. The minimum Gasteiger partial charge on any atom is -0.477 e. The van der Waals surface area contributed by atoms with E-state index in [1.165, 1.54) is 0 Å². The molecule has 21 atom stereocenters. The summed E-state index contributed by atoms with van der Waals surface area (Å²) in [5, 5.41) is 150. The van der Waals surface area contributed by atoms with Gasteiger partial charge >= 0.3 is 5.97 Å². The molecule has 4 saturated heterocycles. The number of hydrogen-bond acceptors (Lipinski definition) is 23. The maximum absolute atomic E-state index is 12.4. The van der Waals surface area contributed by atoms with Crippen LogP contribution >= 0.6 is 0 Å². The third-order valence-corrected chi connectivity index (χ3v) is 9.97. The van der Waals surface area contributed by atoms with Crippen molar-refractivity contribution in [1.29, 1.82) is 0 Å². The Kier molecular flexibility index (Phi) is 16.4. The molecule has 26 heteroatoms. The second-order valence-corrected chi connectivity index (χ2v) is 14.1. The minimum atomic E-state index is -3.17. The number of aliphatic carboxylic acids is 1. The van der Waals surface area contributed by atoms with Crippen molar-refractivity contribution in [3.63, 3.8) is 0 Å². The molecule has 26 nitrogen and oxygen atoms in total. The molecule has 2 amide bonds. The van der Waals surface area contributed by atoms with E-state index >= 15 is 0 Å². The van der Waals surface area contributed by atoms with Gasteiger partial charge in [0.05, 0.1) is 38.6 Å². The Morgan fingerprint density at radius 3 is 1.70 bits per heavy atom. The standard InChI is InChI=1S/C31H52N2O24/c1-8(38)32-15-11(3-31(50,30(48)49)57-26(15)17(41)10(40)4-34)51-28-23(47)21(45)24(14(7-37)54-28)55-27-16(33-9(2)39)25(19(43)13(6-36)52-27)56-29-22(46)20(44)18(42)12(5-35)53-29/h10-29,34-37,40-47,50H,3-7H2,1-2H3,(H,32,38)(H,33,39)(H,48,49)/t10-,11+,12-,13-,14-,15-,16-,17-,18+,19+,20+,21-,22-,23-,24+,25-,26-,27+,28+,29+,31?/m1/s1. The molecule has 0 aromatic rings. The lowest BCUT2D eigenvalue weighted by molar-refractivity contribution is -0.373. The first kappa shape index (κ1) is 47.3. The molecule has 4 rings (SSSR count). The molecule has 0 radical (unpaired) electrons. The van der Waals surface area contributed by atoms with Crippen molar-refractivity contribution >= 4 is 17.8 Å². The molecule has 16 N–H and O–H groups in total. The lowest BCUT2D eigenvalue weighted by atomic mass is 9.88. The van der Waals surface area contributed by atoms with E-state index in [9.17, 15) is 85.9 Å². The van der Waals surface area contributed by atoms with Crippen LogP contribution in [0.5, 0.6) is 0 Å². The topological polar surface area (TPSA) is 423 Å². The predicted octanol–water partition coefficient (Wildman–Crippen LogP) is -10.3. The van der Waals surface area contributed by atoms with E-state index in [-0.39, 0.29) is 0 Å². The highest BCUT2D eigenvalue weighted by Gasteiger charge is 2.58. The van der Waals surface area contributed by atoms with Crippen LogP contribution in [-0.2, 0) is 47.5 Å². The summed E-state index contributed by atoms with van der Waals surface area (Å²) in [7, 11) is 0. The Morgan fingerprint density at radius 2 is 1.16 bits per heavy atom. The van der Waals surface area contributed by atoms with Gasteiger partial charge in [-0.05, 0) is 0 Å². The van der Waals surface area contributed by atoms with Crippen LogP contribution in [0.1, 0.15) is 20.3 Å². The normalized spacial score (nSPS) is 45.1. The number of rotatable bonds is 15. The number of hydrogen-bond donors (Lipinski definition) is 16. The molecule has 0 aromatic carbocycles. The van der Waals surface area contributed by atoms with Gasteiger partial charge in [-0.25, -0.2) is 4.79 Å². The summed E-state index contributed by atoms with van der Waals surface area (Å²) in [5.41, 5.74) is 0. The van der Waals surface area contributed by atoms with E-state index < -0.39 is 179 Å². The van der Waals surface area contributed by atoms with E-state index in [2.05, 4.69) is 10.6 Å². The van der Waals surface area contributed by atoms with E-state index in [0.29, 0.717) is 0 Å². The highest BCUT2D eigenvalue weighted by molar-refractivity contribution is 5.76. The molecule has 4 fully saturated rings. The monoisotopic (exact) mass is 836 g/mol. The average Bonchev–Trinajstić information content (AvgIpc) is 3.16. The molecule has 0 spiro atoms. The Bertz CT molecular complexity index is 1350. The van der Waals surface area contributed by atoms with Gasteiger partial charge in [0.25, 0.3) is 5.79 Å². The Hall–Kier alpha value is -2.39. The molecule has 0 bridgehead atoms. The molecule has 57 heavy (non-hydrogen) atoms. The van der Waals surface area contributed by atoms with Crippen LogP contribution in [0.3, 0.4) is 0 Å². The summed E-state index contributed by atoms with van der Waals surface area (Å²) < 4.78 is 39.3. The molecule has 4 heterocycles.